The number of nitrogens with zero attached hydrogens (tertiary/aromatic N) is 1. The van der Waals surface area contributed by atoms with Crippen LogP contribution in [-0.4, -0.2) is 22.8 Å². The van der Waals surface area contributed by atoms with E-state index in [1.165, 1.54) is 0 Å². The number of aldehydes is 1. The molecule has 0 bridgehead atoms. The second-order valence-electron chi connectivity index (χ2n) is 4.94. The molecular formula is C15H19N5O2. The first kappa shape index (κ1) is 15.6. The van der Waals surface area contributed by atoms with Gasteiger partial charge in [0, 0.05) is 17.8 Å². The van der Waals surface area contributed by atoms with Crippen molar-refractivity contribution in [1.29, 1.82) is 0 Å². The highest BCUT2D eigenvalue weighted by Gasteiger charge is 2.07. The van der Waals surface area contributed by atoms with Crippen molar-refractivity contribution in [3.63, 3.8) is 0 Å². The van der Waals surface area contributed by atoms with Crippen molar-refractivity contribution >= 4 is 23.7 Å². The number of unbranched alkanes of at least 4 members (excludes halogenated alkanes) is 1. The lowest BCUT2D eigenvalue weighted by Gasteiger charge is -2.07. The molecule has 0 unspecified atom stereocenters. The van der Waals surface area contributed by atoms with Crippen molar-refractivity contribution in [2.75, 3.05) is 23.3 Å². The third-order valence-electron chi connectivity index (χ3n) is 3.30. The van der Waals surface area contributed by atoms with E-state index in [1.54, 1.807) is 12.1 Å². The maximum atomic E-state index is 11.7. The van der Waals surface area contributed by atoms with Crippen LogP contribution >= 0.6 is 0 Å². The van der Waals surface area contributed by atoms with Gasteiger partial charge in [-0.3, -0.25) is 14.6 Å². The molecule has 7 heteroatoms. The summed E-state index contributed by atoms with van der Waals surface area (Å²) in [4.78, 5) is 28.6. The summed E-state index contributed by atoms with van der Waals surface area (Å²) in [5.41, 5.74) is 12.9. The molecule has 0 radical (unpaired) electrons. The molecule has 1 aromatic heterocycles. The quantitative estimate of drug-likeness (QED) is 0.449. The number of anilines is 3. The zero-order valence-corrected chi connectivity index (χ0v) is 12.1. The van der Waals surface area contributed by atoms with E-state index in [0.717, 1.165) is 31.4 Å². The normalized spacial score (nSPS) is 10.4. The van der Waals surface area contributed by atoms with Crippen LogP contribution in [0.25, 0.3) is 0 Å². The molecule has 0 amide bonds. The summed E-state index contributed by atoms with van der Waals surface area (Å²) < 4.78 is 0. The van der Waals surface area contributed by atoms with Crippen molar-refractivity contribution < 1.29 is 4.79 Å². The fraction of sp³-hybridized carbons (Fsp3) is 0.267. The number of nitrogen functional groups attached to an aromatic ring is 2. The maximum absolute atomic E-state index is 11.7. The van der Waals surface area contributed by atoms with Gasteiger partial charge in [-0.15, -0.1) is 0 Å². The molecule has 0 aliphatic rings. The van der Waals surface area contributed by atoms with E-state index in [-0.39, 0.29) is 17.3 Å². The number of carbonyl (C=O) groups excluding carboxylic acids is 1. The van der Waals surface area contributed by atoms with Crippen LogP contribution in [0.1, 0.15) is 28.8 Å². The van der Waals surface area contributed by atoms with Crippen LogP contribution in [0.5, 0.6) is 0 Å². The van der Waals surface area contributed by atoms with Gasteiger partial charge in [-0.05, 0) is 43.5 Å². The van der Waals surface area contributed by atoms with Gasteiger partial charge in [0.05, 0.1) is 5.56 Å². The van der Waals surface area contributed by atoms with Crippen LogP contribution < -0.4 is 22.3 Å². The second kappa shape index (κ2) is 7.26. The molecule has 116 valence electrons. The zero-order chi connectivity index (χ0) is 15.9. The van der Waals surface area contributed by atoms with Crippen molar-refractivity contribution in [2.45, 2.75) is 19.3 Å². The van der Waals surface area contributed by atoms with Crippen molar-refractivity contribution in [3.8, 4) is 0 Å². The first-order chi connectivity index (χ1) is 10.6. The summed E-state index contributed by atoms with van der Waals surface area (Å²) in [6, 6.07) is 7.23. The zero-order valence-electron chi connectivity index (χ0n) is 12.1. The Bertz CT molecular complexity index is 694. The number of hydrogen-bond donors (Lipinski definition) is 4. The van der Waals surface area contributed by atoms with Gasteiger partial charge >= 0.3 is 0 Å². The summed E-state index contributed by atoms with van der Waals surface area (Å²) in [7, 11) is 0. The molecule has 7 nitrogen and oxygen atoms in total. The van der Waals surface area contributed by atoms with Gasteiger partial charge in [-0.1, -0.05) is 0 Å². The average molecular weight is 301 g/mol. The standard InChI is InChI=1S/C15H19N5O2/c16-13-12(14(22)20-15(17)19-13)3-1-2-8-18-11-6-4-10(9-21)5-7-11/h4-7,9,18H,1-3,8H2,(H5,16,17,19,20,22). The summed E-state index contributed by atoms with van der Waals surface area (Å²) in [6.07, 6.45) is 3.05. The Labute approximate surface area is 127 Å². The first-order valence-electron chi connectivity index (χ1n) is 7.03. The van der Waals surface area contributed by atoms with Crippen LogP contribution in [-0.2, 0) is 6.42 Å². The Hall–Kier alpha value is -2.83. The van der Waals surface area contributed by atoms with E-state index in [4.69, 9.17) is 11.5 Å². The number of carbonyl (C=O) groups is 1. The number of nitrogens with two attached hydrogens (primary N) is 2. The topological polar surface area (TPSA) is 127 Å². The predicted molar refractivity (Wildman–Crippen MR) is 86.9 cm³/mol. The van der Waals surface area contributed by atoms with Crippen LogP contribution in [0.3, 0.4) is 0 Å². The van der Waals surface area contributed by atoms with Gasteiger partial charge in [0.1, 0.15) is 12.1 Å². The maximum Gasteiger partial charge on any atom is 0.257 e. The van der Waals surface area contributed by atoms with E-state index in [9.17, 15) is 9.59 Å². The van der Waals surface area contributed by atoms with Gasteiger partial charge in [0.25, 0.3) is 5.56 Å². The Balaban J connectivity index is 1.77. The Kier molecular flexibility index (Phi) is 5.13. The van der Waals surface area contributed by atoms with Crippen LogP contribution in [0.15, 0.2) is 29.1 Å². The molecule has 2 rings (SSSR count). The number of rotatable bonds is 7. The summed E-state index contributed by atoms with van der Waals surface area (Å²) >= 11 is 0. The Morgan fingerprint density at radius 1 is 1.18 bits per heavy atom. The predicted octanol–water partition coefficient (Wildman–Crippen LogP) is 1.18. The third-order valence-corrected chi connectivity index (χ3v) is 3.30. The molecule has 0 saturated heterocycles. The summed E-state index contributed by atoms with van der Waals surface area (Å²) in [6.45, 7) is 0.765. The van der Waals surface area contributed by atoms with Crippen molar-refractivity contribution in [2.24, 2.45) is 0 Å². The average Bonchev–Trinajstić information content (AvgIpc) is 2.49. The minimum atomic E-state index is -0.276. The third kappa shape index (κ3) is 4.08. The molecule has 0 saturated carbocycles. The number of hydrogen-bond acceptors (Lipinski definition) is 6. The van der Waals surface area contributed by atoms with E-state index in [0.29, 0.717) is 17.5 Å². The van der Waals surface area contributed by atoms with Crippen molar-refractivity contribution in [3.05, 3.63) is 45.7 Å². The minimum Gasteiger partial charge on any atom is -0.385 e. The Morgan fingerprint density at radius 3 is 2.55 bits per heavy atom. The van der Waals surface area contributed by atoms with E-state index in [1.807, 2.05) is 12.1 Å². The fourth-order valence-corrected chi connectivity index (χ4v) is 2.11. The van der Waals surface area contributed by atoms with Gasteiger partial charge < -0.3 is 16.8 Å². The molecule has 0 aliphatic heterocycles. The molecule has 1 aromatic carbocycles. The highest BCUT2D eigenvalue weighted by molar-refractivity contribution is 5.75. The molecule has 0 fully saturated rings. The molecule has 0 spiro atoms. The van der Waals surface area contributed by atoms with Gasteiger partial charge in [-0.25, -0.2) is 0 Å². The molecule has 1 heterocycles. The highest BCUT2D eigenvalue weighted by Crippen LogP contribution is 2.10. The lowest BCUT2D eigenvalue weighted by Crippen LogP contribution is -2.19. The van der Waals surface area contributed by atoms with Crippen LogP contribution in [0.4, 0.5) is 17.5 Å². The molecule has 22 heavy (non-hydrogen) atoms. The fourth-order valence-electron chi connectivity index (χ4n) is 2.11. The van der Waals surface area contributed by atoms with E-state index < -0.39 is 0 Å². The minimum absolute atomic E-state index is 0.0340. The van der Waals surface area contributed by atoms with Crippen LogP contribution in [0, 0.1) is 0 Å². The first-order valence-corrected chi connectivity index (χ1v) is 7.03. The monoisotopic (exact) mass is 301 g/mol. The van der Waals surface area contributed by atoms with Gasteiger partial charge in [0.15, 0.2) is 0 Å². The molecule has 6 N–H and O–H groups in total. The second-order valence-corrected chi connectivity index (χ2v) is 4.94. The number of H-pyrrole nitrogens is 1. The summed E-state index contributed by atoms with van der Waals surface area (Å²) in [5, 5.41) is 3.25. The smallest absolute Gasteiger partial charge is 0.257 e. The molecular weight excluding hydrogens is 282 g/mol. The molecule has 0 atom stereocenters. The van der Waals surface area contributed by atoms with Crippen LogP contribution in [0.2, 0.25) is 0 Å². The SMILES string of the molecule is Nc1nc(N)c(CCCCNc2ccc(C=O)cc2)c(=O)[nH]1. The number of aromatic nitrogens is 2. The number of nitrogens with one attached hydrogen (secondary N) is 2. The Morgan fingerprint density at radius 2 is 1.91 bits per heavy atom. The van der Waals surface area contributed by atoms with Gasteiger partial charge in [0.2, 0.25) is 5.95 Å². The molecule has 2 aromatic rings. The van der Waals surface area contributed by atoms with E-state index in [2.05, 4.69) is 15.3 Å². The number of benzene rings is 1. The van der Waals surface area contributed by atoms with Gasteiger partial charge in [-0.2, -0.15) is 4.98 Å². The van der Waals surface area contributed by atoms with E-state index >= 15 is 0 Å². The summed E-state index contributed by atoms with van der Waals surface area (Å²) in [5.74, 6) is 0.227. The van der Waals surface area contributed by atoms with Crippen molar-refractivity contribution in [1.82, 2.24) is 9.97 Å². The largest absolute Gasteiger partial charge is 0.385 e. The molecule has 0 aliphatic carbocycles. The lowest BCUT2D eigenvalue weighted by molar-refractivity contribution is 0.112. The highest BCUT2D eigenvalue weighted by atomic mass is 16.1. The number of aromatic amines is 1. The lowest BCUT2D eigenvalue weighted by atomic mass is 10.1.